The van der Waals surface area contributed by atoms with Crippen molar-refractivity contribution in [3.63, 3.8) is 0 Å². The highest BCUT2D eigenvalue weighted by Crippen LogP contribution is 2.47. The van der Waals surface area contributed by atoms with E-state index in [0.717, 1.165) is 73.0 Å². The molecular weight excluding hydrogens is 1400 g/mol. The van der Waals surface area contributed by atoms with E-state index in [1.807, 2.05) is 122 Å². The molecule has 3 atom stereocenters. The molecule has 2 aliphatic carbocycles. The summed E-state index contributed by atoms with van der Waals surface area (Å²) in [6, 6.07) is 43.1. The highest BCUT2D eigenvalue weighted by Gasteiger charge is 2.34. The van der Waals surface area contributed by atoms with Crippen LogP contribution in [0.4, 0.5) is 8.78 Å². The fourth-order valence-corrected chi connectivity index (χ4v) is 14.2. The van der Waals surface area contributed by atoms with Crippen molar-refractivity contribution in [1.29, 1.82) is 0 Å². The van der Waals surface area contributed by atoms with E-state index in [2.05, 4.69) is 64.9 Å². The lowest BCUT2D eigenvalue weighted by Gasteiger charge is -2.25. The van der Waals surface area contributed by atoms with Crippen molar-refractivity contribution in [1.82, 2.24) is 4.98 Å². The van der Waals surface area contributed by atoms with Gasteiger partial charge in [0.05, 0.1) is 43.0 Å². The summed E-state index contributed by atoms with van der Waals surface area (Å²) in [5.74, 6) is 2.18. The van der Waals surface area contributed by atoms with Crippen molar-refractivity contribution >= 4 is 146 Å². The Bertz CT molecular complexity index is 3920. The maximum absolute atomic E-state index is 14.9. The second kappa shape index (κ2) is 25.8. The van der Waals surface area contributed by atoms with Gasteiger partial charge in [0.15, 0.2) is 0 Å². The first-order valence-corrected chi connectivity index (χ1v) is 32.7. The zero-order valence-electron chi connectivity index (χ0n) is 44.3. The van der Waals surface area contributed by atoms with Gasteiger partial charge in [0.2, 0.25) is 18.7 Å². The molecule has 2 saturated carbocycles. The Balaban J connectivity index is 0.000000124. The minimum Gasteiger partial charge on any atom is -0.464 e. The molecule has 0 amide bonds. The quantitative estimate of drug-likeness (QED) is 0.129. The number of rotatable bonds is 11. The van der Waals surface area contributed by atoms with Gasteiger partial charge in [-0.1, -0.05) is 136 Å². The Morgan fingerprint density at radius 3 is 1.56 bits per heavy atom. The van der Waals surface area contributed by atoms with Gasteiger partial charge in [-0.05, 0) is 170 Å². The molecule has 0 N–H and O–H groups in total. The molecule has 0 saturated heterocycles. The first-order chi connectivity index (χ1) is 40.5. The Hall–Kier alpha value is -4.97. The lowest BCUT2D eigenvalue weighted by atomic mass is 9.98. The molecule has 19 heteroatoms. The number of hydrogen-bond acceptors (Lipinski definition) is 9. The lowest BCUT2D eigenvalue weighted by Crippen LogP contribution is -2.20. The lowest BCUT2D eigenvalue weighted by molar-refractivity contribution is 0.210. The van der Waals surface area contributed by atoms with Crippen LogP contribution in [-0.2, 0) is 19.3 Å². The number of benzene rings is 7. The molecule has 2 aromatic heterocycles. The summed E-state index contributed by atoms with van der Waals surface area (Å²) < 4.78 is 50.9. The SMILES string of the molecule is Cc1cc(F)c2c(c1)OC(c1cnc(C3CC3)s1)N=C2Cc1cc(Cl)ccc1Br.Clc1ccc(Br)c(CC2=NC(c3ccccc3)Oc3cc(Cl)ccc32)c1.Fc1cc(Cl)cc2c1C(Cc1cc(Cl)ccc1Br)=NC(c1ccc(C3CC3)s1)O2. The second-order valence-electron chi connectivity index (χ2n) is 20.7. The second-order valence-corrected chi connectivity index (χ2v) is 27.7. The largest absolute Gasteiger partial charge is 0.464 e. The maximum atomic E-state index is 14.9. The van der Waals surface area contributed by atoms with E-state index in [1.54, 1.807) is 28.7 Å². The standard InChI is InChI=1S/C22H15BrCl2FNOS.C22H17BrClFN2OS.C21H14BrCl2NO/c23-15-4-3-13(24)7-12(15)8-17-21-16(26)9-14(25)10-18(21)28-22(27-17)20-6-5-19(29-20)11-1-2-11;1-11-6-16(25)20-17(9-13-8-14(24)4-5-15(13)23)27-21(28-18(20)7-11)19-10-26-22(29-19)12-2-3-12;22-18-9-7-15(23)10-14(18)11-19-17-8-6-16(24)12-20(17)26-21(25-19)13-4-2-1-3-5-13/h3-7,9-11,22H,1-2,8H2;4-8,10,12,21H,2-3,9H2,1H3;1-10,12,21H,11H2. The van der Waals surface area contributed by atoms with Crippen LogP contribution in [0, 0.1) is 18.6 Å². The predicted octanol–water partition coefficient (Wildman–Crippen LogP) is 21.8. The smallest absolute Gasteiger partial charge is 0.226 e. The summed E-state index contributed by atoms with van der Waals surface area (Å²) in [7, 11) is 0. The normalized spacial score (nSPS) is 17.5. The van der Waals surface area contributed by atoms with Crippen molar-refractivity contribution in [2.75, 3.05) is 0 Å². The van der Waals surface area contributed by atoms with E-state index in [4.69, 9.17) is 87.2 Å². The van der Waals surface area contributed by atoms with Crippen LogP contribution in [0.5, 0.6) is 17.2 Å². The monoisotopic (exact) mass is 1440 g/mol. The first kappa shape index (κ1) is 59.4. The highest BCUT2D eigenvalue weighted by atomic mass is 79.9. The molecule has 0 bridgehead atoms. The summed E-state index contributed by atoms with van der Waals surface area (Å²) in [6.45, 7) is 1.86. The molecule has 3 aliphatic heterocycles. The molecule has 7 nitrogen and oxygen atoms in total. The molecule has 0 radical (unpaired) electrons. The summed E-state index contributed by atoms with van der Waals surface area (Å²) in [5.41, 5.74) is 8.72. The number of thiophene rings is 1. The average molecular weight is 1450 g/mol. The summed E-state index contributed by atoms with van der Waals surface area (Å²) in [4.78, 5) is 22.4. The van der Waals surface area contributed by atoms with E-state index in [-0.39, 0.29) is 5.82 Å². The van der Waals surface area contributed by atoms with Crippen molar-refractivity contribution in [3.8, 4) is 17.2 Å². The van der Waals surface area contributed by atoms with E-state index in [1.165, 1.54) is 42.7 Å². The van der Waals surface area contributed by atoms with Gasteiger partial charge in [0, 0.05) is 85.9 Å². The van der Waals surface area contributed by atoms with E-state index in [9.17, 15) is 8.78 Å². The zero-order valence-corrected chi connectivity index (χ0v) is 54.5. The minimum atomic E-state index is -0.512. The summed E-state index contributed by atoms with van der Waals surface area (Å²) >= 11 is 44.9. The molecule has 5 aliphatic rings. The first-order valence-electron chi connectivity index (χ1n) is 26.8. The summed E-state index contributed by atoms with van der Waals surface area (Å²) in [5, 5.41) is 4.03. The summed E-state index contributed by atoms with van der Waals surface area (Å²) in [6.07, 6.45) is 6.82. The van der Waals surface area contributed by atoms with E-state index in [0.29, 0.717) is 90.3 Å². The molecule has 2 fully saturated rings. The Morgan fingerprint density at radius 1 is 0.476 bits per heavy atom. The highest BCUT2D eigenvalue weighted by molar-refractivity contribution is 9.11. The third-order valence-electron chi connectivity index (χ3n) is 14.3. The molecule has 14 rings (SSSR count). The van der Waals surface area contributed by atoms with Crippen LogP contribution in [-0.4, -0.2) is 22.1 Å². The number of thiazole rings is 1. The number of fused-ring (bicyclic) bond motifs is 3. The fraction of sp³-hybridized carbons (Fsp3) is 0.200. The number of aromatic nitrogens is 1. The van der Waals surface area contributed by atoms with Crippen LogP contribution in [0.2, 0.25) is 25.1 Å². The Morgan fingerprint density at radius 2 is 0.964 bits per heavy atom. The van der Waals surface area contributed by atoms with Crippen molar-refractivity contribution in [2.24, 2.45) is 15.0 Å². The van der Waals surface area contributed by atoms with Crippen LogP contribution in [0.1, 0.15) is 120 Å². The van der Waals surface area contributed by atoms with Crippen LogP contribution in [0.3, 0.4) is 0 Å². The van der Waals surface area contributed by atoms with Crippen LogP contribution >= 0.6 is 128 Å². The molecule has 0 spiro atoms. The van der Waals surface area contributed by atoms with Gasteiger partial charge in [0.25, 0.3) is 0 Å². The third kappa shape index (κ3) is 13.9. The van der Waals surface area contributed by atoms with Crippen molar-refractivity contribution < 1.29 is 23.0 Å². The van der Waals surface area contributed by atoms with Gasteiger partial charge in [-0.3, -0.25) is 0 Å². The van der Waals surface area contributed by atoms with E-state index < -0.39 is 24.5 Å². The number of hydrogen-bond donors (Lipinski definition) is 0. The third-order valence-corrected chi connectivity index (χ3v) is 20.3. The van der Waals surface area contributed by atoms with Gasteiger partial charge < -0.3 is 14.2 Å². The van der Waals surface area contributed by atoms with Gasteiger partial charge in [0.1, 0.15) is 28.9 Å². The number of nitrogens with zero attached hydrogens (tertiary/aromatic N) is 4. The average Bonchev–Trinajstić information content (AvgIpc) is 4.62. The van der Waals surface area contributed by atoms with E-state index >= 15 is 0 Å². The Kier molecular flexibility index (Phi) is 18.2. The van der Waals surface area contributed by atoms with Crippen molar-refractivity contribution in [2.45, 2.75) is 82.4 Å². The number of ether oxygens (including phenoxy) is 3. The maximum Gasteiger partial charge on any atom is 0.226 e. The van der Waals surface area contributed by atoms with Gasteiger partial charge >= 0.3 is 0 Å². The molecule has 7 aromatic carbocycles. The molecule has 9 aromatic rings. The number of halogens is 10. The predicted molar refractivity (Wildman–Crippen MR) is 349 cm³/mol. The topological polar surface area (TPSA) is 77.7 Å². The van der Waals surface area contributed by atoms with Gasteiger partial charge in [-0.25, -0.2) is 28.7 Å². The van der Waals surface area contributed by atoms with Gasteiger partial charge in [-0.2, -0.15) is 0 Å². The molecule has 426 valence electrons. The Labute approximate surface area is 543 Å². The van der Waals surface area contributed by atoms with Crippen LogP contribution in [0.15, 0.2) is 174 Å². The molecular formula is C65H46Br3Cl5F2N4O3S2. The fourth-order valence-electron chi connectivity index (χ4n) is 9.91. The molecule has 5 heterocycles. The molecule has 3 unspecified atom stereocenters. The van der Waals surface area contributed by atoms with Crippen molar-refractivity contribution in [3.05, 3.63) is 260 Å². The minimum absolute atomic E-state index is 0.301. The number of aryl methyl sites for hydroxylation is 1. The van der Waals surface area contributed by atoms with Crippen LogP contribution < -0.4 is 14.2 Å². The zero-order chi connectivity index (χ0) is 58.3. The number of aliphatic imine (C=N–C) groups is 3. The van der Waals surface area contributed by atoms with Crippen LogP contribution in [0.25, 0.3) is 0 Å². The van der Waals surface area contributed by atoms with Gasteiger partial charge in [-0.15, -0.1) is 22.7 Å². The molecule has 84 heavy (non-hydrogen) atoms.